The van der Waals surface area contributed by atoms with Crippen molar-refractivity contribution in [2.24, 2.45) is 0 Å². The average Bonchev–Trinajstić information content (AvgIpc) is 3.76. The Balaban J connectivity index is 1.14. The lowest BCUT2D eigenvalue weighted by Crippen LogP contribution is -2.30. The summed E-state index contributed by atoms with van der Waals surface area (Å²) >= 11 is 0. The predicted molar refractivity (Wildman–Crippen MR) is 231 cm³/mol. The Kier molecular flexibility index (Phi) is 5.83. The monoisotopic (exact) mass is 709 g/mol. The molecule has 0 saturated carbocycles. The van der Waals surface area contributed by atoms with Gasteiger partial charge in [0.15, 0.2) is 5.82 Å². The van der Waals surface area contributed by atoms with E-state index in [1.165, 1.54) is 71.3 Å². The molecule has 9 aromatic carbocycles. The molecule has 3 heteroatoms. The van der Waals surface area contributed by atoms with E-state index in [0.717, 1.165) is 44.7 Å². The number of hydrogen-bond donors (Lipinski definition) is 0. The van der Waals surface area contributed by atoms with Crippen molar-refractivity contribution >= 4 is 54.4 Å². The first kappa shape index (κ1) is 30.0. The van der Waals surface area contributed by atoms with Crippen molar-refractivity contribution < 1.29 is 0 Å². The fourth-order valence-electron chi connectivity index (χ4n) is 10.3. The molecule has 2 aromatic heterocycles. The topological polar surface area (TPSA) is 30.7 Å². The lowest BCUT2D eigenvalue weighted by atomic mass is 9.63. The maximum atomic E-state index is 5.53. The van der Waals surface area contributed by atoms with Gasteiger partial charge in [-0.15, -0.1) is 0 Å². The van der Waals surface area contributed by atoms with Gasteiger partial charge in [-0.25, -0.2) is 9.97 Å². The van der Waals surface area contributed by atoms with Crippen LogP contribution in [0.5, 0.6) is 0 Å². The molecule has 3 nitrogen and oxygen atoms in total. The molecule has 11 aromatic rings. The minimum absolute atomic E-state index is 0.467. The second-order valence-corrected chi connectivity index (χ2v) is 15.3. The van der Waals surface area contributed by atoms with Crippen LogP contribution in [0.4, 0.5) is 0 Å². The van der Waals surface area contributed by atoms with Crippen molar-refractivity contribution in [1.29, 1.82) is 0 Å². The van der Waals surface area contributed by atoms with Crippen LogP contribution in [0.2, 0.25) is 0 Å². The SMILES string of the molecule is c1cc(-c2ccc3ccccc3c2)cc(-c2nc3ccccc3nc2-n2c3cccc4c3c3c5c(cccc5ccc32)C42c3ccccc3-c3ccccc32)c1. The molecule has 0 bridgehead atoms. The van der Waals surface area contributed by atoms with E-state index in [1.54, 1.807) is 0 Å². The first-order valence-corrected chi connectivity index (χ1v) is 19.3. The van der Waals surface area contributed by atoms with Gasteiger partial charge >= 0.3 is 0 Å². The summed E-state index contributed by atoms with van der Waals surface area (Å²) in [7, 11) is 0. The third-order valence-electron chi connectivity index (χ3n) is 12.5. The Hall–Kier alpha value is -7.36. The number of para-hydroxylation sites is 2. The molecular formula is C53H31N3. The Morgan fingerprint density at radius 2 is 0.929 bits per heavy atom. The normalized spacial score (nSPS) is 13.5. The minimum Gasteiger partial charge on any atom is -0.292 e. The summed E-state index contributed by atoms with van der Waals surface area (Å²) in [6, 6.07) is 68.8. The molecule has 258 valence electrons. The summed E-state index contributed by atoms with van der Waals surface area (Å²) in [6.07, 6.45) is 0. The molecule has 0 N–H and O–H groups in total. The maximum absolute atomic E-state index is 5.53. The van der Waals surface area contributed by atoms with E-state index in [9.17, 15) is 0 Å². The first-order chi connectivity index (χ1) is 27.8. The predicted octanol–water partition coefficient (Wildman–Crippen LogP) is 13.0. The van der Waals surface area contributed by atoms with Gasteiger partial charge in [-0.2, -0.15) is 0 Å². The summed E-state index contributed by atoms with van der Waals surface area (Å²) in [6.45, 7) is 0. The molecule has 0 unspecified atom stereocenters. The molecule has 2 aliphatic carbocycles. The number of benzene rings is 9. The third-order valence-corrected chi connectivity index (χ3v) is 12.5. The van der Waals surface area contributed by atoms with Crippen LogP contribution < -0.4 is 0 Å². The van der Waals surface area contributed by atoms with Crippen molar-refractivity contribution in [2.45, 2.75) is 5.41 Å². The van der Waals surface area contributed by atoms with Gasteiger partial charge in [-0.05, 0) is 102 Å². The number of rotatable bonds is 3. The molecule has 0 fully saturated rings. The van der Waals surface area contributed by atoms with E-state index in [0.29, 0.717) is 0 Å². The smallest absolute Gasteiger partial charge is 0.165 e. The molecule has 1 spiro atoms. The van der Waals surface area contributed by atoms with Gasteiger partial charge in [0.25, 0.3) is 0 Å². The van der Waals surface area contributed by atoms with Crippen molar-refractivity contribution in [3.63, 3.8) is 0 Å². The number of fused-ring (bicyclic) bond motifs is 9. The van der Waals surface area contributed by atoms with E-state index in [2.05, 4.69) is 187 Å². The molecule has 13 rings (SSSR count). The summed E-state index contributed by atoms with van der Waals surface area (Å²) < 4.78 is 2.40. The van der Waals surface area contributed by atoms with Crippen LogP contribution in [0.15, 0.2) is 188 Å². The van der Waals surface area contributed by atoms with Crippen LogP contribution in [0.25, 0.3) is 93.7 Å². The lowest BCUT2D eigenvalue weighted by molar-refractivity contribution is 0.783. The van der Waals surface area contributed by atoms with Crippen molar-refractivity contribution in [3.05, 3.63) is 210 Å². The summed E-state index contributed by atoms with van der Waals surface area (Å²) in [5.41, 5.74) is 15.7. The lowest BCUT2D eigenvalue weighted by Gasteiger charge is -2.37. The van der Waals surface area contributed by atoms with Gasteiger partial charge in [-0.3, -0.25) is 4.57 Å². The highest BCUT2D eigenvalue weighted by atomic mass is 15.1. The van der Waals surface area contributed by atoms with Crippen molar-refractivity contribution in [3.8, 4) is 39.3 Å². The van der Waals surface area contributed by atoms with Crippen LogP contribution in [-0.4, -0.2) is 14.5 Å². The number of nitrogens with zero attached hydrogens (tertiary/aromatic N) is 3. The second kappa shape index (κ2) is 10.9. The van der Waals surface area contributed by atoms with Gasteiger partial charge in [0, 0.05) is 16.3 Å². The number of hydrogen-bond acceptors (Lipinski definition) is 2. The maximum Gasteiger partial charge on any atom is 0.165 e. The first-order valence-electron chi connectivity index (χ1n) is 19.3. The van der Waals surface area contributed by atoms with E-state index in [4.69, 9.17) is 9.97 Å². The largest absolute Gasteiger partial charge is 0.292 e. The van der Waals surface area contributed by atoms with Crippen LogP contribution in [0.3, 0.4) is 0 Å². The van der Waals surface area contributed by atoms with Crippen LogP contribution in [-0.2, 0) is 5.41 Å². The Bertz CT molecular complexity index is 3450. The average molecular weight is 710 g/mol. The van der Waals surface area contributed by atoms with Gasteiger partial charge in [-0.1, -0.05) is 152 Å². The highest BCUT2D eigenvalue weighted by molar-refractivity contribution is 6.26. The standard InChI is InChI=1S/C53H31N3/c1-2-13-34-30-36(27-26-32(34)12-1)35-15-9-16-37(31-35)51-52(55-45-24-8-7-23-44(45)54-51)56-46-25-11-22-43-49(46)50-47(56)29-28-33-14-10-21-42(48(33)50)53(43)40-19-5-3-17-38(40)39-18-4-6-20-41(39)53/h1-31H. The summed E-state index contributed by atoms with van der Waals surface area (Å²) in [5.74, 6) is 0.830. The molecule has 2 heterocycles. The molecule has 0 saturated heterocycles. The molecule has 56 heavy (non-hydrogen) atoms. The number of aromatic nitrogens is 3. The van der Waals surface area contributed by atoms with E-state index in [-0.39, 0.29) is 0 Å². The van der Waals surface area contributed by atoms with Gasteiger partial charge in [0.1, 0.15) is 5.69 Å². The Morgan fingerprint density at radius 1 is 0.357 bits per heavy atom. The van der Waals surface area contributed by atoms with Crippen LogP contribution in [0.1, 0.15) is 22.3 Å². The van der Waals surface area contributed by atoms with Gasteiger partial charge < -0.3 is 0 Å². The van der Waals surface area contributed by atoms with Crippen molar-refractivity contribution in [1.82, 2.24) is 14.5 Å². The quantitative estimate of drug-likeness (QED) is 0.183. The van der Waals surface area contributed by atoms with Crippen molar-refractivity contribution in [2.75, 3.05) is 0 Å². The molecule has 0 atom stereocenters. The third kappa shape index (κ3) is 3.76. The highest BCUT2D eigenvalue weighted by Crippen LogP contribution is 2.62. The zero-order chi connectivity index (χ0) is 36.5. The molecule has 2 aliphatic rings. The van der Waals surface area contributed by atoms with E-state index in [1.807, 2.05) is 6.07 Å². The fraction of sp³-hybridized carbons (Fsp3) is 0.0189. The Morgan fingerprint density at radius 3 is 1.75 bits per heavy atom. The molecule has 0 amide bonds. The summed E-state index contributed by atoms with van der Waals surface area (Å²) in [5, 5.41) is 7.58. The molecule has 0 radical (unpaired) electrons. The minimum atomic E-state index is -0.467. The van der Waals surface area contributed by atoms with Crippen LogP contribution >= 0.6 is 0 Å². The van der Waals surface area contributed by atoms with E-state index >= 15 is 0 Å². The second-order valence-electron chi connectivity index (χ2n) is 15.3. The van der Waals surface area contributed by atoms with E-state index < -0.39 is 5.41 Å². The zero-order valence-electron chi connectivity index (χ0n) is 30.2. The Labute approximate surface area is 322 Å². The highest BCUT2D eigenvalue weighted by Gasteiger charge is 2.50. The molecule has 0 aliphatic heterocycles. The fourth-order valence-corrected chi connectivity index (χ4v) is 10.3. The van der Waals surface area contributed by atoms with Gasteiger partial charge in [0.2, 0.25) is 0 Å². The molecular weight excluding hydrogens is 679 g/mol. The van der Waals surface area contributed by atoms with Gasteiger partial charge in [0.05, 0.1) is 27.5 Å². The zero-order valence-corrected chi connectivity index (χ0v) is 30.2. The van der Waals surface area contributed by atoms with Crippen LogP contribution in [0, 0.1) is 0 Å². The summed E-state index contributed by atoms with van der Waals surface area (Å²) in [4.78, 5) is 11.0.